The minimum Gasteiger partial charge on any atom is -0.310 e. The van der Waals surface area contributed by atoms with Crippen molar-refractivity contribution in [2.45, 2.75) is 0 Å². The summed E-state index contributed by atoms with van der Waals surface area (Å²) in [7, 11) is 0. The van der Waals surface area contributed by atoms with E-state index in [-0.39, 0.29) is 0 Å². The number of nitrogens with zero attached hydrogens (tertiary/aromatic N) is 2. The zero-order chi connectivity index (χ0) is 32.6. The van der Waals surface area contributed by atoms with Gasteiger partial charge in [-0.2, -0.15) is 0 Å². The van der Waals surface area contributed by atoms with Gasteiger partial charge < -0.3 is 9.80 Å². The van der Waals surface area contributed by atoms with Crippen LogP contribution in [0.15, 0.2) is 194 Å². The number of anilines is 6. The van der Waals surface area contributed by atoms with Crippen molar-refractivity contribution >= 4 is 76.4 Å². The Balaban J connectivity index is 1.37. The first-order chi connectivity index (χ1) is 24.3. The van der Waals surface area contributed by atoms with E-state index in [2.05, 4.69) is 204 Å². The standard InChI is InChI=1S/C46H32N2S/c1-5-16-33(17-6-1)35-19-15-26-39(32-35)48(38-24-11-4-12-25-38)42-30-31-43(47(36-20-7-2-8-21-36)37-22-9-3-10-23-37)46-44(42)41-29-28-34-18-13-14-27-40(34)45(41)49-46/h1-32H. The third kappa shape index (κ3) is 5.22. The van der Waals surface area contributed by atoms with E-state index >= 15 is 0 Å². The summed E-state index contributed by atoms with van der Waals surface area (Å²) in [5.41, 5.74) is 9.18. The van der Waals surface area contributed by atoms with Crippen molar-refractivity contribution in [3.8, 4) is 11.1 Å². The van der Waals surface area contributed by atoms with Gasteiger partial charge in [0, 0.05) is 38.2 Å². The molecular weight excluding hydrogens is 613 g/mol. The second kappa shape index (κ2) is 12.5. The van der Waals surface area contributed by atoms with Crippen LogP contribution in [-0.4, -0.2) is 0 Å². The average Bonchev–Trinajstić information content (AvgIpc) is 3.58. The van der Waals surface area contributed by atoms with Crippen molar-refractivity contribution in [3.05, 3.63) is 194 Å². The molecule has 0 radical (unpaired) electrons. The average molecular weight is 645 g/mol. The highest BCUT2D eigenvalue weighted by Crippen LogP contribution is 2.52. The quantitative estimate of drug-likeness (QED) is 0.170. The van der Waals surface area contributed by atoms with Crippen LogP contribution in [0.2, 0.25) is 0 Å². The molecule has 8 aromatic carbocycles. The second-order valence-corrected chi connectivity index (χ2v) is 13.2. The van der Waals surface area contributed by atoms with Gasteiger partial charge >= 0.3 is 0 Å². The fourth-order valence-corrected chi connectivity index (χ4v) is 8.34. The van der Waals surface area contributed by atoms with Crippen LogP contribution >= 0.6 is 11.3 Å². The number of hydrogen-bond donors (Lipinski definition) is 0. The molecule has 0 saturated heterocycles. The topological polar surface area (TPSA) is 6.48 Å². The third-order valence-corrected chi connectivity index (χ3v) is 10.5. The molecule has 1 aromatic heterocycles. The van der Waals surface area contributed by atoms with Gasteiger partial charge in [0.05, 0.1) is 16.1 Å². The molecule has 232 valence electrons. The Morgan fingerprint density at radius 2 is 0.837 bits per heavy atom. The van der Waals surface area contributed by atoms with E-state index in [4.69, 9.17) is 0 Å². The smallest absolute Gasteiger partial charge is 0.0641 e. The normalized spacial score (nSPS) is 11.3. The molecule has 0 bridgehead atoms. The van der Waals surface area contributed by atoms with Crippen LogP contribution in [-0.2, 0) is 0 Å². The van der Waals surface area contributed by atoms with Gasteiger partial charge in [0.1, 0.15) is 0 Å². The van der Waals surface area contributed by atoms with E-state index in [0.29, 0.717) is 0 Å². The van der Waals surface area contributed by atoms with Gasteiger partial charge in [0.15, 0.2) is 0 Å². The fraction of sp³-hybridized carbons (Fsp3) is 0. The van der Waals surface area contributed by atoms with Gasteiger partial charge in [0.25, 0.3) is 0 Å². The number of hydrogen-bond acceptors (Lipinski definition) is 3. The van der Waals surface area contributed by atoms with Crippen molar-refractivity contribution in [1.29, 1.82) is 0 Å². The lowest BCUT2D eigenvalue weighted by atomic mass is 10.0. The Morgan fingerprint density at radius 3 is 1.49 bits per heavy atom. The van der Waals surface area contributed by atoms with Crippen LogP contribution in [0.4, 0.5) is 34.1 Å². The summed E-state index contributed by atoms with van der Waals surface area (Å²) in [5, 5.41) is 5.04. The molecule has 0 N–H and O–H groups in total. The molecular formula is C46H32N2S. The fourth-order valence-electron chi connectivity index (χ4n) is 6.98. The van der Waals surface area contributed by atoms with Crippen LogP contribution in [0, 0.1) is 0 Å². The van der Waals surface area contributed by atoms with Gasteiger partial charge in [-0.3, -0.25) is 0 Å². The number of rotatable bonds is 7. The largest absolute Gasteiger partial charge is 0.310 e. The molecule has 1 heterocycles. The van der Waals surface area contributed by atoms with Crippen LogP contribution in [0.25, 0.3) is 42.1 Å². The Bertz CT molecular complexity index is 2500. The molecule has 3 heteroatoms. The lowest BCUT2D eigenvalue weighted by Crippen LogP contribution is -2.12. The van der Waals surface area contributed by atoms with E-state index in [9.17, 15) is 0 Å². The maximum absolute atomic E-state index is 2.43. The molecule has 0 atom stereocenters. The molecule has 0 aliphatic rings. The SMILES string of the molecule is c1ccc(-c2cccc(N(c3ccccc3)c3ccc(N(c4ccccc4)c4ccccc4)c4sc5c6ccccc6ccc5c34)c2)cc1. The lowest BCUT2D eigenvalue weighted by Gasteiger charge is -2.30. The van der Waals surface area contributed by atoms with Gasteiger partial charge in [-0.1, -0.05) is 133 Å². The number of para-hydroxylation sites is 3. The molecule has 0 fully saturated rings. The lowest BCUT2D eigenvalue weighted by molar-refractivity contribution is 1.28. The van der Waals surface area contributed by atoms with Gasteiger partial charge in [-0.25, -0.2) is 0 Å². The summed E-state index contributed by atoms with van der Waals surface area (Å²) in [4.78, 5) is 4.82. The highest BCUT2D eigenvalue weighted by atomic mass is 32.1. The minimum absolute atomic E-state index is 1.12. The Hall–Kier alpha value is -6.16. The summed E-state index contributed by atoms with van der Waals surface area (Å²) in [6.45, 7) is 0. The predicted molar refractivity (Wildman–Crippen MR) is 212 cm³/mol. The maximum Gasteiger partial charge on any atom is 0.0641 e. The molecule has 49 heavy (non-hydrogen) atoms. The Kier molecular flexibility index (Phi) is 7.38. The van der Waals surface area contributed by atoms with E-state index in [1.807, 2.05) is 11.3 Å². The summed E-state index contributed by atoms with van der Waals surface area (Å²) in [6, 6.07) is 69.7. The van der Waals surface area contributed by atoms with E-state index in [1.54, 1.807) is 0 Å². The first-order valence-corrected chi connectivity index (χ1v) is 17.4. The van der Waals surface area contributed by atoms with Gasteiger partial charge in [-0.15, -0.1) is 11.3 Å². The van der Waals surface area contributed by atoms with Crippen molar-refractivity contribution in [2.75, 3.05) is 9.80 Å². The van der Waals surface area contributed by atoms with Gasteiger partial charge in [0.2, 0.25) is 0 Å². The zero-order valence-corrected chi connectivity index (χ0v) is 27.6. The molecule has 9 aromatic rings. The first kappa shape index (κ1) is 29.0. The van der Waals surface area contributed by atoms with Crippen LogP contribution in [0.1, 0.15) is 0 Å². The first-order valence-electron chi connectivity index (χ1n) is 16.6. The highest BCUT2D eigenvalue weighted by Gasteiger charge is 2.24. The van der Waals surface area contributed by atoms with E-state index < -0.39 is 0 Å². The molecule has 2 nitrogen and oxygen atoms in total. The second-order valence-electron chi connectivity index (χ2n) is 12.2. The van der Waals surface area contributed by atoms with Crippen molar-refractivity contribution in [1.82, 2.24) is 0 Å². The maximum atomic E-state index is 2.43. The molecule has 0 amide bonds. The van der Waals surface area contributed by atoms with Crippen LogP contribution in [0.5, 0.6) is 0 Å². The molecule has 0 aliphatic heterocycles. The Labute approximate surface area is 290 Å². The van der Waals surface area contributed by atoms with Crippen LogP contribution < -0.4 is 9.80 Å². The van der Waals surface area contributed by atoms with E-state index in [0.717, 1.165) is 34.1 Å². The third-order valence-electron chi connectivity index (χ3n) is 9.20. The van der Waals surface area contributed by atoms with E-state index in [1.165, 1.54) is 42.1 Å². The van der Waals surface area contributed by atoms with Crippen molar-refractivity contribution in [3.63, 3.8) is 0 Å². The monoisotopic (exact) mass is 644 g/mol. The van der Waals surface area contributed by atoms with Crippen molar-refractivity contribution < 1.29 is 0 Å². The summed E-state index contributed by atoms with van der Waals surface area (Å²) in [6.07, 6.45) is 0. The summed E-state index contributed by atoms with van der Waals surface area (Å²) < 4.78 is 2.55. The summed E-state index contributed by atoms with van der Waals surface area (Å²) >= 11 is 1.89. The van der Waals surface area contributed by atoms with Gasteiger partial charge in [-0.05, 0) is 82.6 Å². The van der Waals surface area contributed by atoms with Crippen molar-refractivity contribution in [2.24, 2.45) is 0 Å². The summed E-state index contributed by atoms with van der Waals surface area (Å²) in [5.74, 6) is 0. The predicted octanol–water partition coefficient (Wildman–Crippen LogP) is 13.8. The number of benzene rings is 8. The molecule has 0 saturated carbocycles. The molecule has 0 unspecified atom stereocenters. The number of fused-ring (bicyclic) bond motifs is 5. The highest BCUT2D eigenvalue weighted by molar-refractivity contribution is 7.27. The van der Waals surface area contributed by atoms with Crippen LogP contribution in [0.3, 0.4) is 0 Å². The molecule has 0 aliphatic carbocycles. The molecule has 9 rings (SSSR count). The minimum atomic E-state index is 1.12. The number of thiophene rings is 1. The zero-order valence-electron chi connectivity index (χ0n) is 26.8. The Morgan fingerprint density at radius 1 is 0.327 bits per heavy atom. The molecule has 0 spiro atoms.